The lowest BCUT2D eigenvalue weighted by molar-refractivity contribution is -0.121. The van der Waals surface area contributed by atoms with Crippen molar-refractivity contribution in [3.05, 3.63) is 22.7 Å². The van der Waals surface area contributed by atoms with Gasteiger partial charge in [-0.2, -0.15) is 0 Å². The van der Waals surface area contributed by atoms with E-state index in [1.165, 1.54) is 0 Å². The monoisotopic (exact) mass is 325 g/mol. The van der Waals surface area contributed by atoms with E-state index in [1.807, 2.05) is 44.1 Å². The van der Waals surface area contributed by atoms with E-state index in [9.17, 15) is 4.79 Å². The Morgan fingerprint density at radius 3 is 2.79 bits per heavy atom. The Kier molecular flexibility index (Phi) is 4.16. The SMILES string of the molecule is CN(C)c1ccc(Br)cc1NC(=O)C1(C)CCCN1. The first-order valence-electron chi connectivity index (χ1n) is 6.46. The van der Waals surface area contributed by atoms with Crippen molar-refractivity contribution in [2.45, 2.75) is 25.3 Å². The molecule has 0 radical (unpaired) electrons. The van der Waals surface area contributed by atoms with Crippen LogP contribution in [0.2, 0.25) is 0 Å². The zero-order valence-corrected chi connectivity index (χ0v) is 13.2. The number of hydrogen-bond acceptors (Lipinski definition) is 3. The molecule has 1 heterocycles. The Morgan fingerprint density at radius 2 is 2.21 bits per heavy atom. The van der Waals surface area contributed by atoms with E-state index >= 15 is 0 Å². The van der Waals surface area contributed by atoms with E-state index in [0.29, 0.717) is 0 Å². The number of anilines is 2. The van der Waals surface area contributed by atoms with Crippen LogP contribution in [0.15, 0.2) is 22.7 Å². The maximum atomic E-state index is 12.4. The number of amides is 1. The Hall–Kier alpha value is -1.07. The van der Waals surface area contributed by atoms with Crippen LogP contribution in [0, 0.1) is 0 Å². The highest BCUT2D eigenvalue weighted by atomic mass is 79.9. The average Bonchev–Trinajstić information content (AvgIpc) is 2.77. The van der Waals surface area contributed by atoms with Crippen LogP contribution in [-0.2, 0) is 4.79 Å². The van der Waals surface area contributed by atoms with Crippen LogP contribution < -0.4 is 15.5 Å². The standard InChI is InChI=1S/C14H20BrN3O/c1-14(7-4-8-16-14)13(19)17-11-9-10(15)5-6-12(11)18(2)3/h5-6,9,16H,4,7-8H2,1-3H3,(H,17,19). The summed E-state index contributed by atoms with van der Waals surface area (Å²) in [6.07, 6.45) is 1.92. The molecule has 1 unspecified atom stereocenters. The highest BCUT2D eigenvalue weighted by Gasteiger charge is 2.36. The lowest BCUT2D eigenvalue weighted by atomic mass is 9.99. The molecule has 1 amide bonds. The minimum atomic E-state index is -0.452. The van der Waals surface area contributed by atoms with Crippen molar-refractivity contribution < 1.29 is 4.79 Å². The van der Waals surface area contributed by atoms with Gasteiger partial charge in [-0.25, -0.2) is 0 Å². The molecule has 19 heavy (non-hydrogen) atoms. The smallest absolute Gasteiger partial charge is 0.244 e. The molecule has 0 aromatic heterocycles. The second kappa shape index (κ2) is 5.51. The molecule has 104 valence electrons. The second-order valence-corrected chi connectivity index (χ2v) is 6.29. The highest BCUT2D eigenvalue weighted by molar-refractivity contribution is 9.10. The molecule has 2 N–H and O–H groups in total. The summed E-state index contributed by atoms with van der Waals surface area (Å²) in [4.78, 5) is 14.4. The third-order valence-electron chi connectivity index (χ3n) is 3.56. The van der Waals surface area contributed by atoms with Crippen molar-refractivity contribution in [2.75, 3.05) is 30.9 Å². The summed E-state index contributed by atoms with van der Waals surface area (Å²) in [5.41, 5.74) is 1.38. The van der Waals surface area contributed by atoms with E-state index in [2.05, 4.69) is 26.6 Å². The van der Waals surface area contributed by atoms with Crippen LogP contribution in [0.3, 0.4) is 0 Å². The van der Waals surface area contributed by atoms with E-state index < -0.39 is 5.54 Å². The molecule has 2 rings (SSSR count). The summed E-state index contributed by atoms with van der Waals surface area (Å²) in [5, 5.41) is 6.32. The Morgan fingerprint density at radius 1 is 1.47 bits per heavy atom. The summed E-state index contributed by atoms with van der Waals surface area (Å²) in [6, 6.07) is 5.90. The highest BCUT2D eigenvalue weighted by Crippen LogP contribution is 2.29. The van der Waals surface area contributed by atoms with Gasteiger partial charge in [0.1, 0.15) is 0 Å². The van der Waals surface area contributed by atoms with Crippen LogP contribution in [0.25, 0.3) is 0 Å². The van der Waals surface area contributed by atoms with Crippen LogP contribution >= 0.6 is 15.9 Å². The van der Waals surface area contributed by atoms with E-state index in [-0.39, 0.29) is 5.91 Å². The van der Waals surface area contributed by atoms with Gasteiger partial charge in [-0.15, -0.1) is 0 Å². The van der Waals surface area contributed by atoms with Gasteiger partial charge in [-0.1, -0.05) is 15.9 Å². The normalized spacial score (nSPS) is 22.3. The molecule has 1 aromatic rings. The Bertz CT molecular complexity index is 482. The number of hydrogen-bond donors (Lipinski definition) is 2. The zero-order valence-electron chi connectivity index (χ0n) is 11.6. The first-order chi connectivity index (χ1) is 8.92. The third-order valence-corrected chi connectivity index (χ3v) is 4.05. The molecule has 1 saturated heterocycles. The number of benzene rings is 1. The van der Waals surface area contributed by atoms with Gasteiger partial charge in [-0.3, -0.25) is 4.79 Å². The molecule has 1 aromatic carbocycles. The van der Waals surface area contributed by atoms with Crippen molar-refractivity contribution in [1.82, 2.24) is 5.32 Å². The maximum Gasteiger partial charge on any atom is 0.244 e. The second-order valence-electron chi connectivity index (χ2n) is 5.37. The molecule has 0 aliphatic carbocycles. The van der Waals surface area contributed by atoms with Gasteiger partial charge in [0.15, 0.2) is 0 Å². The van der Waals surface area contributed by atoms with Crippen molar-refractivity contribution in [3.8, 4) is 0 Å². The van der Waals surface area contributed by atoms with Gasteiger partial charge in [0.05, 0.1) is 16.9 Å². The molecule has 0 bridgehead atoms. The summed E-state index contributed by atoms with van der Waals surface area (Å²) in [5.74, 6) is 0.0335. The molecule has 5 heteroatoms. The molecular weight excluding hydrogens is 306 g/mol. The largest absolute Gasteiger partial charge is 0.376 e. The average molecular weight is 326 g/mol. The molecule has 0 spiro atoms. The van der Waals surface area contributed by atoms with Gasteiger partial charge >= 0.3 is 0 Å². The minimum absolute atomic E-state index is 0.0335. The summed E-state index contributed by atoms with van der Waals surface area (Å²) >= 11 is 3.45. The van der Waals surface area contributed by atoms with Crippen LogP contribution in [0.4, 0.5) is 11.4 Å². The lowest BCUT2D eigenvalue weighted by Gasteiger charge is -2.25. The van der Waals surface area contributed by atoms with Crippen LogP contribution in [0.5, 0.6) is 0 Å². The molecule has 1 fully saturated rings. The van der Waals surface area contributed by atoms with E-state index in [0.717, 1.165) is 35.2 Å². The summed E-state index contributed by atoms with van der Waals surface area (Å²) in [6.45, 7) is 2.87. The summed E-state index contributed by atoms with van der Waals surface area (Å²) < 4.78 is 0.956. The molecule has 4 nitrogen and oxygen atoms in total. The zero-order chi connectivity index (χ0) is 14.0. The maximum absolute atomic E-state index is 12.4. The lowest BCUT2D eigenvalue weighted by Crippen LogP contribution is -2.48. The number of halogens is 1. The van der Waals surface area contributed by atoms with Crippen molar-refractivity contribution in [3.63, 3.8) is 0 Å². The Labute approximate surface area is 122 Å². The van der Waals surface area contributed by atoms with Gasteiger partial charge in [0.2, 0.25) is 5.91 Å². The van der Waals surface area contributed by atoms with E-state index in [1.54, 1.807) is 0 Å². The van der Waals surface area contributed by atoms with Crippen molar-refractivity contribution in [2.24, 2.45) is 0 Å². The molecule has 1 aliphatic rings. The van der Waals surface area contributed by atoms with Gasteiger partial charge < -0.3 is 15.5 Å². The quantitative estimate of drug-likeness (QED) is 0.897. The van der Waals surface area contributed by atoms with Gasteiger partial charge in [0.25, 0.3) is 0 Å². The predicted octanol–water partition coefficient (Wildman–Crippen LogP) is 2.60. The molecular formula is C14H20BrN3O. The Balaban J connectivity index is 2.23. The third kappa shape index (κ3) is 3.09. The van der Waals surface area contributed by atoms with Crippen molar-refractivity contribution >= 4 is 33.2 Å². The predicted molar refractivity (Wildman–Crippen MR) is 82.7 cm³/mol. The van der Waals surface area contributed by atoms with Crippen molar-refractivity contribution in [1.29, 1.82) is 0 Å². The number of nitrogens with one attached hydrogen (secondary N) is 2. The fraction of sp³-hybridized carbons (Fsp3) is 0.500. The summed E-state index contributed by atoms with van der Waals surface area (Å²) in [7, 11) is 3.93. The van der Waals surface area contributed by atoms with E-state index in [4.69, 9.17) is 0 Å². The van der Waals surface area contributed by atoms with Crippen LogP contribution in [-0.4, -0.2) is 32.1 Å². The van der Waals surface area contributed by atoms with Gasteiger partial charge in [0, 0.05) is 18.6 Å². The first-order valence-corrected chi connectivity index (χ1v) is 7.25. The fourth-order valence-corrected chi connectivity index (χ4v) is 2.71. The molecule has 1 aliphatic heterocycles. The number of rotatable bonds is 3. The minimum Gasteiger partial charge on any atom is -0.376 e. The number of carbonyl (C=O) groups is 1. The first kappa shape index (κ1) is 14.3. The fourth-order valence-electron chi connectivity index (χ4n) is 2.35. The molecule has 0 saturated carbocycles. The topological polar surface area (TPSA) is 44.4 Å². The molecule has 1 atom stereocenters. The number of carbonyl (C=O) groups excluding carboxylic acids is 1. The van der Waals surface area contributed by atoms with Crippen LogP contribution in [0.1, 0.15) is 19.8 Å². The number of nitrogens with zero attached hydrogens (tertiary/aromatic N) is 1. The van der Waals surface area contributed by atoms with Gasteiger partial charge in [-0.05, 0) is 44.5 Å².